The van der Waals surface area contributed by atoms with Crippen LogP contribution in [0.2, 0.25) is 0 Å². The minimum atomic E-state index is -0.879. The number of carbonyl (C=O) groups is 2. The molecule has 0 saturated heterocycles. The second kappa shape index (κ2) is 8.97. The fourth-order valence-electron chi connectivity index (χ4n) is 1.83. The van der Waals surface area contributed by atoms with Crippen LogP contribution in [0.1, 0.15) is 24.0 Å². The highest BCUT2D eigenvalue weighted by Crippen LogP contribution is 2.07. The molecule has 0 atom stereocenters. The molecule has 1 aromatic rings. The summed E-state index contributed by atoms with van der Waals surface area (Å²) >= 11 is 0. The number of nitrogens with zero attached hydrogens (tertiary/aromatic N) is 1. The Hall–Kier alpha value is -2.08. The molecule has 0 unspecified atom stereocenters. The molecule has 21 heavy (non-hydrogen) atoms. The first-order valence-corrected chi connectivity index (χ1v) is 6.94. The summed E-state index contributed by atoms with van der Waals surface area (Å²) in [5.41, 5.74) is 2.13. The maximum Gasteiger partial charge on any atom is 0.317 e. The Balaban J connectivity index is 2.49. The Bertz CT molecular complexity index is 459. The molecule has 0 heterocycles. The van der Waals surface area contributed by atoms with Crippen LogP contribution in [-0.4, -0.2) is 46.8 Å². The lowest BCUT2D eigenvalue weighted by atomic mass is 10.1. The van der Waals surface area contributed by atoms with E-state index in [1.54, 1.807) is 0 Å². The number of hydrogen-bond donors (Lipinski definition) is 3. The average molecular weight is 294 g/mol. The highest BCUT2D eigenvalue weighted by Gasteiger charge is 2.13. The minimum absolute atomic E-state index is 0.0260. The van der Waals surface area contributed by atoms with Crippen molar-refractivity contribution < 1.29 is 19.8 Å². The SMILES string of the molecule is Cc1ccc(CN(CCO)C(=O)NCCCC(=O)O)cc1. The van der Waals surface area contributed by atoms with Crippen molar-refractivity contribution in [3.8, 4) is 0 Å². The predicted molar refractivity (Wildman–Crippen MR) is 78.9 cm³/mol. The van der Waals surface area contributed by atoms with E-state index in [1.165, 1.54) is 4.90 Å². The van der Waals surface area contributed by atoms with E-state index in [0.29, 0.717) is 19.5 Å². The molecule has 0 aliphatic heterocycles. The normalized spacial score (nSPS) is 10.2. The molecule has 6 heteroatoms. The topological polar surface area (TPSA) is 89.9 Å². The van der Waals surface area contributed by atoms with Crippen LogP contribution in [0, 0.1) is 6.92 Å². The van der Waals surface area contributed by atoms with Crippen LogP contribution >= 0.6 is 0 Å². The molecule has 0 saturated carbocycles. The number of aryl methyl sites for hydroxylation is 1. The van der Waals surface area contributed by atoms with E-state index in [1.807, 2.05) is 31.2 Å². The lowest BCUT2D eigenvalue weighted by Crippen LogP contribution is -2.41. The summed E-state index contributed by atoms with van der Waals surface area (Å²) in [6.45, 7) is 2.82. The van der Waals surface area contributed by atoms with Gasteiger partial charge in [-0.05, 0) is 18.9 Å². The molecular formula is C15H22N2O4. The van der Waals surface area contributed by atoms with E-state index in [-0.39, 0.29) is 25.6 Å². The molecule has 6 nitrogen and oxygen atoms in total. The molecule has 3 N–H and O–H groups in total. The smallest absolute Gasteiger partial charge is 0.317 e. The van der Waals surface area contributed by atoms with Crippen molar-refractivity contribution >= 4 is 12.0 Å². The number of carboxylic acids is 1. The summed E-state index contributed by atoms with van der Waals surface area (Å²) in [6.07, 6.45) is 0.414. The molecule has 0 aromatic heterocycles. The van der Waals surface area contributed by atoms with Gasteiger partial charge in [0.05, 0.1) is 6.61 Å². The van der Waals surface area contributed by atoms with Crippen molar-refractivity contribution in [3.63, 3.8) is 0 Å². The van der Waals surface area contributed by atoms with Gasteiger partial charge in [-0.25, -0.2) is 4.79 Å². The highest BCUT2D eigenvalue weighted by atomic mass is 16.4. The van der Waals surface area contributed by atoms with Gasteiger partial charge in [-0.2, -0.15) is 0 Å². The average Bonchev–Trinajstić information content (AvgIpc) is 2.45. The Morgan fingerprint density at radius 1 is 1.24 bits per heavy atom. The molecule has 0 aliphatic carbocycles. The van der Waals surface area contributed by atoms with Crippen molar-refractivity contribution in [1.82, 2.24) is 10.2 Å². The van der Waals surface area contributed by atoms with Crippen LogP contribution in [-0.2, 0) is 11.3 Å². The number of benzene rings is 1. The van der Waals surface area contributed by atoms with Gasteiger partial charge in [0.15, 0.2) is 0 Å². The number of carboxylic acid groups (broad SMARTS) is 1. The third-order valence-electron chi connectivity index (χ3n) is 2.99. The van der Waals surface area contributed by atoms with E-state index in [9.17, 15) is 9.59 Å². The van der Waals surface area contributed by atoms with Gasteiger partial charge in [-0.15, -0.1) is 0 Å². The van der Waals surface area contributed by atoms with Gasteiger partial charge < -0.3 is 20.4 Å². The first-order valence-electron chi connectivity index (χ1n) is 6.94. The largest absolute Gasteiger partial charge is 0.481 e. The number of nitrogens with one attached hydrogen (secondary N) is 1. The zero-order valence-corrected chi connectivity index (χ0v) is 12.2. The van der Waals surface area contributed by atoms with Crippen molar-refractivity contribution in [1.29, 1.82) is 0 Å². The van der Waals surface area contributed by atoms with Crippen LogP contribution < -0.4 is 5.32 Å². The monoisotopic (exact) mass is 294 g/mol. The number of aliphatic carboxylic acids is 1. The summed E-state index contributed by atoms with van der Waals surface area (Å²) in [4.78, 5) is 23.9. The van der Waals surface area contributed by atoms with Crippen molar-refractivity contribution in [3.05, 3.63) is 35.4 Å². The predicted octanol–water partition coefficient (Wildman–Crippen LogP) is 1.36. The third kappa shape index (κ3) is 6.76. The second-order valence-electron chi connectivity index (χ2n) is 4.86. The Kier molecular flexibility index (Phi) is 7.25. The van der Waals surface area contributed by atoms with E-state index < -0.39 is 5.97 Å². The molecular weight excluding hydrogens is 272 g/mol. The quantitative estimate of drug-likeness (QED) is 0.632. The maximum absolute atomic E-state index is 12.0. The first kappa shape index (κ1) is 17.0. The minimum Gasteiger partial charge on any atom is -0.481 e. The van der Waals surface area contributed by atoms with E-state index in [0.717, 1.165) is 11.1 Å². The van der Waals surface area contributed by atoms with E-state index >= 15 is 0 Å². The van der Waals surface area contributed by atoms with Crippen LogP contribution in [0.25, 0.3) is 0 Å². The van der Waals surface area contributed by atoms with Gasteiger partial charge in [0.2, 0.25) is 0 Å². The van der Waals surface area contributed by atoms with Crippen LogP contribution in [0.4, 0.5) is 4.79 Å². The first-order chi connectivity index (χ1) is 10.0. The molecule has 0 fully saturated rings. The summed E-state index contributed by atoms with van der Waals surface area (Å²) in [6, 6.07) is 7.53. The van der Waals surface area contributed by atoms with Gasteiger partial charge in [0.25, 0.3) is 0 Å². The molecule has 2 amide bonds. The van der Waals surface area contributed by atoms with Gasteiger partial charge in [-0.3, -0.25) is 4.79 Å². The van der Waals surface area contributed by atoms with Crippen molar-refractivity contribution in [2.75, 3.05) is 19.7 Å². The number of aliphatic hydroxyl groups is 1. The molecule has 116 valence electrons. The zero-order valence-electron chi connectivity index (χ0n) is 12.2. The number of amides is 2. The summed E-state index contributed by atoms with van der Waals surface area (Å²) < 4.78 is 0. The third-order valence-corrected chi connectivity index (χ3v) is 2.99. The zero-order chi connectivity index (χ0) is 15.7. The maximum atomic E-state index is 12.0. The van der Waals surface area contributed by atoms with Gasteiger partial charge in [0, 0.05) is 26.1 Å². The van der Waals surface area contributed by atoms with E-state index in [2.05, 4.69) is 5.32 Å². The van der Waals surface area contributed by atoms with E-state index in [4.69, 9.17) is 10.2 Å². The number of carbonyl (C=O) groups excluding carboxylic acids is 1. The van der Waals surface area contributed by atoms with Crippen molar-refractivity contribution in [2.45, 2.75) is 26.3 Å². The van der Waals surface area contributed by atoms with Gasteiger partial charge in [0.1, 0.15) is 0 Å². The molecule has 0 aliphatic rings. The Labute approximate surface area is 124 Å². The van der Waals surface area contributed by atoms with Crippen LogP contribution in [0.3, 0.4) is 0 Å². The lowest BCUT2D eigenvalue weighted by molar-refractivity contribution is -0.137. The molecule has 0 bridgehead atoms. The fourth-order valence-corrected chi connectivity index (χ4v) is 1.83. The molecule has 0 radical (unpaired) electrons. The standard InChI is InChI=1S/C15H22N2O4/c1-12-4-6-13(7-5-12)11-17(9-10-18)15(21)16-8-2-3-14(19)20/h4-7,18H,2-3,8-11H2,1H3,(H,16,21)(H,19,20). The second-order valence-corrected chi connectivity index (χ2v) is 4.86. The number of urea groups is 1. The Morgan fingerprint density at radius 2 is 1.90 bits per heavy atom. The fraction of sp³-hybridized carbons (Fsp3) is 0.467. The van der Waals surface area contributed by atoms with Gasteiger partial charge in [-0.1, -0.05) is 29.8 Å². The lowest BCUT2D eigenvalue weighted by Gasteiger charge is -2.22. The Morgan fingerprint density at radius 3 is 2.48 bits per heavy atom. The van der Waals surface area contributed by atoms with Gasteiger partial charge >= 0.3 is 12.0 Å². The summed E-state index contributed by atoms with van der Waals surface area (Å²) in [5.74, 6) is -0.879. The number of aliphatic hydroxyl groups excluding tert-OH is 1. The van der Waals surface area contributed by atoms with Crippen LogP contribution in [0.5, 0.6) is 0 Å². The number of hydrogen-bond acceptors (Lipinski definition) is 3. The van der Waals surface area contributed by atoms with Crippen LogP contribution in [0.15, 0.2) is 24.3 Å². The van der Waals surface area contributed by atoms with Crippen molar-refractivity contribution in [2.24, 2.45) is 0 Å². The highest BCUT2D eigenvalue weighted by molar-refractivity contribution is 5.74. The molecule has 1 aromatic carbocycles. The molecule has 1 rings (SSSR count). The number of rotatable bonds is 8. The summed E-state index contributed by atoms with van der Waals surface area (Å²) in [5, 5.41) is 20.3. The molecule has 0 spiro atoms. The summed E-state index contributed by atoms with van der Waals surface area (Å²) in [7, 11) is 0.